The zero-order valence-electron chi connectivity index (χ0n) is 40.8. The zero-order valence-corrected chi connectivity index (χ0v) is 43.2. The summed E-state index contributed by atoms with van der Waals surface area (Å²) in [5.41, 5.74) is 2.25. The Balaban J connectivity index is 1.54. The van der Waals surface area contributed by atoms with Crippen molar-refractivity contribution in [3.63, 3.8) is 0 Å². The van der Waals surface area contributed by atoms with Gasteiger partial charge in [-0.1, -0.05) is 12.2 Å². The summed E-state index contributed by atoms with van der Waals surface area (Å²) in [5, 5.41) is 9.39. The number of hydrogen-bond donors (Lipinski definition) is 4. The number of carboxylic acids is 1. The summed E-state index contributed by atoms with van der Waals surface area (Å²) < 4.78 is 152. The van der Waals surface area contributed by atoms with Crippen molar-refractivity contribution in [2.75, 3.05) is 142 Å². The van der Waals surface area contributed by atoms with Gasteiger partial charge in [-0.15, -0.1) is 0 Å². The van der Waals surface area contributed by atoms with E-state index in [1.165, 1.54) is 18.4 Å². The number of nitrogens with zero attached hydrogens (tertiary/aromatic N) is 2. The molecule has 0 amide bonds. The molecule has 2 aliphatic heterocycles. The normalized spacial score (nSPS) is 16.3. The quantitative estimate of drug-likeness (QED) is 0.0364. The van der Waals surface area contributed by atoms with Crippen LogP contribution in [0.25, 0.3) is 17.4 Å². The topological polar surface area (TPSA) is 294 Å². The van der Waals surface area contributed by atoms with Crippen molar-refractivity contribution in [3.05, 3.63) is 83.1 Å². The van der Waals surface area contributed by atoms with Gasteiger partial charge in [0.05, 0.1) is 128 Å². The minimum atomic E-state index is -4.63. The van der Waals surface area contributed by atoms with Crippen LogP contribution in [0.15, 0.2) is 75.9 Å². The number of ether oxygens (including phenoxy) is 8. The van der Waals surface area contributed by atoms with Crippen LogP contribution in [0.3, 0.4) is 0 Å². The van der Waals surface area contributed by atoms with E-state index in [1.807, 2.05) is 46.8 Å². The van der Waals surface area contributed by atoms with Crippen LogP contribution in [-0.4, -0.2) is 187 Å². The average Bonchev–Trinajstić information content (AvgIpc) is 3.54. The van der Waals surface area contributed by atoms with Crippen molar-refractivity contribution in [3.8, 4) is 11.3 Å². The number of methoxy groups -OCH3 is 1. The molecule has 0 saturated heterocycles. The fraction of sp³-hybridized carbons (Fsp3) is 0.574. The monoisotopic (exact) mass is 1080 g/mol. The van der Waals surface area contributed by atoms with Gasteiger partial charge in [0.2, 0.25) is 5.36 Å². The minimum Gasteiger partial charge on any atom is -0.481 e. The Bertz CT molecular complexity index is 2580. The maximum absolute atomic E-state index is 12.4. The lowest BCUT2D eigenvalue weighted by atomic mass is 9.77. The van der Waals surface area contributed by atoms with Gasteiger partial charge in [0, 0.05) is 48.5 Å². The number of anilines is 1. The van der Waals surface area contributed by atoms with E-state index >= 15 is 0 Å². The molecule has 22 nitrogen and oxygen atoms in total. The number of carboxylic acid groups (broad SMARTS) is 1. The maximum atomic E-state index is 12.4. The van der Waals surface area contributed by atoms with Crippen LogP contribution >= 0.6 is 0 Å². The molecule has 404 valence electrons. The maximum Gasteiger partial charge on any atom is 0.305 e. The van der Waals surface area contributed by atoms with E-state index in [9.17, 15) is 43.7 Å². The number of rotatable bonds is 38. The molecule has 1 atom stereocenters. The molecule has 0 bridgehead atoms. The van der Waals surface area contributed by atoms with Gasteiger partial charge in [-0.25, -0.2) is 4.58 Å². The SMILES string of the molecule is COCCOCCOCCOCC[N+](CCCS(=O)(=O)O)=c1ccc2c(C=CC=C3N(CCOCCOCCOCCOCCC(=O)O)c4ccc(S(=O)(=O)O)cc4C3(C)CCCS(=O)(=O)O)ccoc-2c1. The smallest absolute Gasteiger partial charge is 0.305 e. The third-order valence-electron chi connectivity index (χ3n) is 11.2. The first-order chi connectivity index (χ1) is 34.3. The van der Waals surface area contributed by atoms with Crippen LogP contribution in [0.4, 0.5) is 5.69 Å². The van der Waals surface area contributed by atoms with Crippen molar-refractivity contribution < 1.29 is 91.1 Å². The minimum absolute atomic E-state index is 0.0153. The molecule has 0 fully saturated rings. The first-order valence-corrected chi connectivity index (χ1v) is 28.0. The Morgan fingerprint density at radius 2 is 1.26 bits per heavy atom. The summed E-state index contributed by atoms with van der Waals surface area (Å²) in [7, 11) is -11.6. The standard InChI is InChI=1S/C47H68N2O20S3/c1-47(14-4-34-70(52,53)54)42-37-40(72(58,59)60)9-11-43(42)49(17-21-64-26-29-68-33-32-66-27-24-62-18-13-46(50)51)45(47)7-3-6-38-12-19-69-44-36-39(8-10-41(38)44)48(15-5-35-71(55,56)57)16-20-63-25-28-67-31-30-65-23-22-61-2/h3,6-12,19,36-37H,4-5,13-18,20-35H2,1-2H3,(H3-,50,51,52,53,54,55,56,57,58,59,60)/p+1. The molecule has 0 spiro atoms. The summed E-state index contributed by atoms with van der Waals surface area (Å²) in [6.07, 6.45) is 7.26. The van der Waals surface area contributed by atoms with Gasteiger partial charge < -0.3 is 52.3 Å². The summed E-state index contributed by atoms with van der Waals surface area (Å²) in [6.45, 7) is 7.51. The Morgan fingerprint density at radius 1 is 0.694 bits per heavy atom. The van der Waals surface area contributed by atoms with Gasteiger partial charge in [-0.2, -0.15) is 25.3 Å². The molecule has 1 unspecified atom stereocenters. The summed E-state index contributed by atoms with van der Waals surface area (Å²) in [4.78, 5) is 12.2. The number of fused-ring (bicyclic) bond motifs is 2. The van der Waals surface area contributed by atoms with Crippen LogP contribution in [0.1, 0.15) is 43.7 Å². The second-order valence-electron chi connectivity index (χ2n) is 16.5. The van der Waals surface area contributed by atoms with E-state index < -0.39 is 53.2 Å². The van der Waals surface area contributed by atoms with Crippen molar-refractivity contribution in [2.45, 2.75) is 42.9 Å². The van der Waals surface area contributed by atoms with E-state index in [2.05, 4.69) is 0 Å². The zero-order chi connectivity index (χ0) is 52.5. The molecular formula is C47H69N2O20S3+. The predicted octanol–water partition coefficient (Wildman–Crippen LogP) is 3.26. The predicted molar refractivity (Wildman–Crippen MR) is 265 cm³/mol. The molecule has 4 N–H and O–H groups in total. The number of hydrogen-bond acceptors (Lipinski definition) is 17. The van der Waals surface area contributed by atoms with Crippen LogP contribution in [-0.2, 0) is 78.5 Å². The van der Waals surface area contributed by atoms with Gasteiger partial charge in [0.15, 0.2) is 6.54 Å². The van der Waals surface area contributed by atoms with Crippen LogP contribution in [0.2, 0.25) is 0 Å². The molecule has 2 heterocycles. The number of aliphatic carboxylic acids is 1. The van der Waals surface area contributed by atoms with Gasteiger partial charge in [0.25, 0.3) is 30.4 Å². The third kappa shape index (κ3) is 21.7. The van der Waals surface area contributed by atoms with Crippen molar-refractivity contribution in [1.82, 2.24) is 4.58 Å². The summed E-state index contributed by atoms with van der Waals surface area (Å²) in [6, 6.07) is 11.6. The van der Waals surface area contributed by atoms with Crippen LogP contribution < -0.4 is 14.8 Å². The molecule has 72 heavy (non-hydrogen) atoms. The van der Waals surface area contributed by atoms with E-state index in [-0.39, 0.29) is 83.3 Å². The Kier molecular flexibility index (Phi) is 25.9. The number of carbonyl (C=O) groups is 1. The molecule has 0 saturated carbocycles. The van der Waals surface area contributed by atoms with Gasteiger partial charge in [0.1, 0.15) is 18.9 Å². The molecule has 1 aromatic rings. The summed E-state index contributed by atoms with van der Waals surface area (Å²) in [5.74, 6) is -1.39. The number of allylic oxidation sites excluding steroid dienone is 3. The lowest BCUT2D eigenvalue weighted by Gasteiger charge is -2.30. The molecule has 0 aromatic heterocycles. The Hall–Kier alpha value is -4.19. The molecule has 1 aromatic carbocycles. The highest BCUT2D eigenvalue weighted by atomic mass is 32.2. The molecule has 25 heteroatoms. The molecular weight excluding hydrogens is 1010 g/mol. The highest BCUT2D eigenvalue weighted by Crippen LogP contribution is 2.51. The van der Waals surface area contributed by atoms with Crippen LogP contribution in [0, 0.1) is 0 Å². The Labute approximate surface area is 421 Å². The third-order valence-corrected chi connectivity index (χ3v) is 13.7. The van der Waals surface area contributed by atoms with Gasteiger partial charge >= 0.3 is 5.97 Å². The van der Waals surface area contributed by atoms with Crippen molar-refractivity contribution >= 4 is 48.1 Å². The largest absolute Gasteiger partial charge is 0.481 e. The fourth-order valence-electron chi connectivity index (χ4n) is 7.75. The first kappa shape index (κ1) is 60.4. The average molecular weight is 1080 g/mol. The van der Waals surface area contributed by atoms with Crippen molar-refractivity contribution in [1.29, 1.82) is 0 Å². The van der Waals surface area contributed by atoms with E-state index in [1.54, 1.807) is 25.3 Å². The molecule has 3 aliphatic rings. The lowest BCUT2D eigenvalue weighted by molar-refractivity contribution is -0.138. The molecule has 0 radical (unpaired) electrons. The highest BCUT2D eigenvalue weighted by Gasteiger charge is 2.43. The lowest BCUT2D eigenvalue weighted by Crippen LogP contribution is -2.35. The second-order valence-corrected chi connectivity index (χ2v) is 21.1. The van der Waals surface area contributed by atoms with Gasteiger partial charge in [-0.05, 0) is 67.3 Å². The van der Waals surface area contributed by atoms with E-state index in [0.29, 0.717) is 88.7 Å². The molecule has 4 rings (SSSR count). The number of benzene rings is 2. The highest BCUT2D eigenvalue weighted by molar-refractivity contribution is 7.86. The van der Waals surface area contributed by atoms with Crippen molar-refractivity contribution in [2.24, 2.45) is 0 Å². The fourth-order valence-corrected chi connectivity index (χ4v) is 9.26. The second kappa shape index (κ2) is 30.9. The molecule has 1 aliphatic carbocycles. The van der Waals surface area contributed by atoms with E-state index in [4.69, 9.17) is 47.4 Å². The van der Waals surface area contributed by atoms with E-state index in [0.717, 1.165) is 16.5 Å². The van der Waals surface area contributed by atoms with Crippen LogP contribution in [0.5, 0.6) is 0 Å². The van der Waals surface area contributed by atoms with Gasteiger partial charge in [-0.3, -0.25) is 18.5 Å². The summed E-state index contributed by atoms with van der Waals surface area (Å²) >= 11 is 0. The first-order valence-electron chi connectivity index (χ1n) is 23.4. The Morgan fingerprint density at radius 3 is 1.85 bits per heavy atom.